The fourth-order valence-electron chi connectivity index (χ4n) is 1.39. The number of hydrogen-bond acceptors (Lipinski definition) is 2. The maximum absolute atomic E-state index is 13.5. The highest BCUT2D eigenvalue weighted by Crippen LogP contribution is 2.23. The first kappa shape index (κ1) is 11.2. The number of halogens is 3. The Bertz CT molecular complexity index is 551. The summed E-state index contributed by atoms with van der Waals surface area (Å²) in [7, 11) is 0. The number of nitrogens with zero attached hydrogens (tertiary/aromatic N) is 3. The summed E-state index contributed by atoms with van der Waals surface area (Å²) in [4.78, 5) is 3.69. The van der Waals surface area contributed by atoms with Crippen molar-refractivity contribution in [2.75, 3.05) is 0 Å². The van der Waals surface area contributed by atoms with Gasteiger partial charge in [-0.25, -0.2) is 18.4 Å². The van der Waals surface area contributed by atoms with Gasteiger partial charge in [0.25, 0.3) is 0 Å². The van der Waals surface area contributed by atoms with Crippen molar-refractivity contribution in [2.24, 2.45) is 0 Å². The van der Waals surface area contributed by atoms with Crippen LogP contribution >= 0.6 is 15.9 Å². The number of pyridine rings is 1. The van der Waals surface area contributed by atoms with Crippen molar-refractivity contribution in [3.8, 4) is 5.82 Å². The molecule has 0 bridgehead atoms. The van der Waals surface area contributed by atoms with E-state index in [0.29, 0.717) is 0 Å². The molecule has 0 saturated heterocycles. The zero-order valence-corrected chi connectivity index (χ0v) is 10.2. The predicted molar refractivity (Wildman–Crippen MR) is 58.4 cm³/mol. The van der Waals surface area contributed by atoms with E-state index in [1.165, 1.54) is 4.68 Å². The Kier molecular flexibility index (Phi) is 2.75. The van der Waals surface area contributed by atoms with Gasteiger partial charge in [0.1, 0.15) is 5.82 Å². The maximum atomic E-state index is 13.5. The lowest BCUT2D eigenvalue weighted by atomic mass is 10.4. The van der Waals surface area contributed by atoms with Gasteiger partial charge < -0.3 is 0 Å². The van der Waals surface area contributed by atoms with Crippen molar-refractivity contribution in [3.63, 3.8) is 0 Å². The summed E-state index contributed by atoms with van der Waals surface area (Å²) in [6.07, 6.45) is 0.961. The fourth-order valence-corrected chi connectivity index (χ4v) is 1.64. The molecular weight excluding hydrogens is 280 g/mol. The predicted octanol–water partition coefficient (Wildman–Crippen LogP) is 2.92. The second-order valence-electron chi connectivity index (χ2n) is 3.36. The molecule has 0 radical (unpaired) electrons. The SMILES string of the molecule is Cc1nn(-c2ncc(F)cc2F)c(C)c1Br. The molecule has 0 aliphatic heterocycles. The van der Waals surface area contributed by atoms with E-state index in [1.54, 1.807) is 13.8 Å². The number of hydrogen-bond donors (Lipinski definition) is 0. The average molecular weight is 288 g/mol. The van der Waals surface area contributed by atoms with Gasteiger partial charge in [-0.15, -0.1) is 0 Å². The zero-order valence-electron chi connectivity index (χ0n) is 8.63. The van der Waals surface area contributed by atoms with Crippen LogP contribution in [0.25, 0.3) is 5.82 Å². The van der Waals surface area contributed by atoms with Crippen LogP contribution in [0, 0.1) is 25.5 Å². The lowest BCUT2D eigenvalue weighted by Gasteiger charge is -2.04. The molecule has 0 fully saturated rings. The Hall–Kier alpha value is -1.30. The molecule has 2 heterocycles. The molecule has 0 aliphatic carbocycles. The summed E-state index contributed by atoms with van der Waals surface area (Å²) in [5.74, 6) is -1.45. The fraction of sp³-hybridized carbons (Fsp3) is 0.200. The molecule has 16 heavy (non-hydrogen) atoms. The summed E-state index contributed by atoms with van der Waals surface area (Å²) in [5.41, 5.74) is 1.44. The van der Waals surface area contributed by atoms with E-state index in [4.69, 9.17) is 0 Å². The third kappa shape index (κ3) is 1.73. The molecule has 0 aromatic carbocycles. The minimum Gasteiger partial charge on any atom is -0.231 e. The lowest BCUT2D eigenvalue weighted by Crippen LogP contribution is -2.05. The molecule has 0 spiro atoms. The van der Waals surface area contributed by atoms with Crippen molar-refractivity contribution in [1.82, 2.24) is 14.8 Å². The molecule has 0 unspecified atom stereocenters. The van der Waals surface area contributed by atoms with E-state index < -0.39 is 11.6 Å². The maximum Gasteiger partial charge on any atom is 0.190 e. The van der Waals surface area contributed by atoms with Crippen molar-refractivity contribution < 1.29 is 8.78 Å². The van der Waals surface area contributed by atoms with Gasteiger partial charge in [-0.05, 0) is 29.8 Å². The quantitative estimate of drug-likeness (QED) is 0.807. The summed E-state index contributed by atoms with van der Waals surface area (Å²) in [5, 5.41) is 4.12. The monoisotopic (exact) mass is 287 g/mol. The molecule has 0 N–H and O–H groups in total. The standard InChI is InChI=1S/C10H8BrF2N3/c1-5-9(11)6(2)16(15-5)10-8(13)3-7(12)4-14-10/h3-4H,1-2H3. The molecule has 84 valence electrons. The Balaban J connectivity index is 2.63. The van der Waals surface area contributed by atoms with Crippen molar-refractivity contribution in [2.45, 2.75) is 13.8 Å². The highest BCUT2D eigenvalue weighted by atomic mass is 79.9. The van der Waals surface area contributed by atoms with Crippen LogP contribution in [0.3, 0.4) is 0 Å². The third-order valence-electron chi connectivity index (χ3n) is 2.19. The molecule has 0 saturated carbocycles. The van der Waals surface area contributed by atoms with Crippen LogP contribution in [0.5, 0.6) is 0 Å². The van der Waals surface area contributed by atoms with Crippen LogP contribution in [0.1, 0.15) is 11.4 Å². The van der Waals surface area contributed by atoms with Gasteiger partial charge in [0.15, 0.2) is 11.6 Å². The molecule has 3 nitrogen and oxygen atoms in total. The van der Waals surface area contributed by atoms with Crippen LogP contribution in [0.15, 0.2) is 16.7 Å². The van der Waals surface area contributed by atoms with Gasteiger partial charge in [-0.1, -0.05) is 0 Å². The smallest absolute Gasteiger partial charge is 0.190 e. The normalized spacial score (nSPS) is 10.8. The van der Waals surface area contributed by atoms with Crippen molar-refractivity contribution in [1.29, 1.82) is 0 Å². The number of aryl methyl sites for hydroxylation is 1. The van der Waals surface area contributed by atoms with E-state index in [0.717, 1.165) is 28.1 Å². The average Bonchev–Trinajstić information content (AvgIpc) is 2.46. The molecule has 6 heteroatoms. The number of aromatic nitrogens is 3. The van der Waals surface area contributed by atoms with Crippen molar-refractivity contribution in [3.05, 3.63) is 39.8 Å². The van der Waals surface area contributed by atoms with Gasteiger partial charge in [-0.3, -0.25) is 0 Å². The van der Waals surface area contributed by atoms with Gasteiger partial charge in [0.05, 0.1) is 22.1 Å². The van der Waals surface area contributed by atoms with Gasteiger partial charge in [0, 0.05) is 6.07 Å². The summed E-state index contributed by atoms with van der Waals surface area (Å²) in [6, 6.07) is 0.784. The molecule has 2 aromatic heterocycles. The van der Waals surface area contributed by atoms with Gasteiger partial charge >= 0.3 is 0 Å². The lowest BCUT2D eigenvalue weighted by molar-refractivity contribution is 0.558. The Morgan fingerprint density at radius 3 is 2.50 bits per heavy atom. The molecule has 0 amide bonds. The van der Waals surface area contributed by atoms with Crippen LogP contribution < -0.4 is 0 Å². The first-order chi connectivity index (χ1) is 7.50. The van der Waals surface area contributed by atoms with E-state index >= 15 is 0 Å². The molecule has 0 aliphatic rings. The van der Waals surface area contributed by atoms with Crippen molar-refractivity contribution >= 4 is 15.9 Å². The van der Waals surface area contributed by atoms with Gasteiger partial charge in [-0.2, -0.15) is 5.10 Å². The van der Waals surface area contributed by atoms with Crippen LogP contribution in [0.4, 0.5) is 8.78 Å². The third-order valence-corrected chi connectivity index (χ3v) is 3.34. The molecule has 2 rings (SSSR count). The highest BCUT2D eigenvalue weighted by Gasteiger charge is 2.15. The minimum absolute atomic E-state index is 0.00676. The minimum atomic E-state index is -0.738. The summed E-state index contributed by atoms with van der Waals surface area (Å²) >= 11 is 3.33. The van der Waals surface area contributed by atoms with E-state index in [-0.39, 0.29) is 5.82 Å². The Morgan fingerprint density at radius 1 is 1.31 bits per heavy atom. The van der Waals surface area contributed by atoms with Crippen LogP contribution in [-0.2, 0) is 0 Å². The van der Waals surface area contributed by atoms with E-state index in [1.807, 2.05) is 0 Å². The largest absolute Gasteiger partial charge is 0.231 e. The topological polar surface area (TPSA) is 30.7 Å². The van der Waals surface area contributed by atoms with E-state index in [2.05, 4.69) is 26.0 Å². The highest BCUT2D eigenvalue weighted by molar-refractivity contribution is 9.10. The first-order valence-electron chi connectivity index (χ1n) is 4.54. The Labute approximate surface area is 99.2 Å². The summed E-state index contributed by atoms with van der Waals surface area (Å²) < 4.78 is 28.3. The number of rotatable bonds is 1. The second-order valence-corrected chi connectivity index (χ2v) is 4.15. The van der Waals surface area contributed by atoms with Gasteiger partial charge in [0.2, 0.25) is 0 Å². The molecule has 0 atom stereocenters. The second kappa shape index (κ2) is 3.93. The Morgan fingerprint density at radius 2 is 2.00 bits per heavy atom. The van der Waals surface area contributed by atoms with E-state index in [9.17, 15) is 8.78 Å². The van der Waals surface area contributed by atoms with Crippen LogP contribution in [0.2, 0.25) is 0 Å². The first-order valence-corrected chi connectivity index (χ1v) is 5.33. The summed E-state index contributed by atoms with van der Waals surface area (Å²) in [6.45, 7) is 3.56. The van der Waals surface area contributed by atoms with Crippen LogP contribution in [-0.4, -0.2) is 14.8 Å². The zero-order chi connectivity index (χ0) is 11.9. The molecular formula is C10H8BrF2N3. The molecule has 2 aromatic rings.